The summed E-state index contributed by atoms with van der Waals surface area (Å²) < 4.78 is 18.1. The molecule has 72 heavy (non-hydrogen) atoms. The van der Waals surface area contributed by atoms with Gasteiger partial charge in [0, 0.05) is 48.2 Å². The van der Waals surface area contributed by atoms with Crippen molar-refractivity contribution >= 4 is 94.0 Å². The number of carbonyl (C=O) groups is 1. The van der Waals surface area contributed by atoms with Crippen LogP contribution in [0.5, 0.6) is 11.5 Å². The van der Waals surface area contributed by atoms with Gasteiger partial charge in [0.1, 0.15) is 11.5 Å². The number of ether oxygens (including phenoxy) is 2. The molecule has 8 heteroatoms. The molecule has 0 spiro atoms. The van der Waals surface area contributed by atoms with Gasteiger partial charge in [-0.3, -0.25) is 4.79 Å². The summed E-state index contributed by atoms with van der Waals surface area (Å²) >= 11 is 11.0. The highest BCUT2D eigenvalue weighted by Gasteiger charge is 2.41. The fourth-order valence-corrected chi connectivity index (χ4v) is 15.4. The van der Waals surface area contributed by atoms with Crippen molar-refractivity contribution in [3.63, 3.8) is 0 Å². The van der Waals surface area contributed by atoms with Crippen LogP contribution < -0.4 is 14.8 Å². The molecule has 0 radical (unpaired) electrons. The van der Waals surface area contributed by atoms with Crippen LogP contribution in [0.3, 0.4) is 0 Å². The second kappa shape index (κ2) is 27.8. The van der Waals surface area contributed by atoms with Gasteiger partial charge < -0.3 is 14.8 Å². The van der Waals surface area contributed by atoms with E-state index in [0.717, 1.165) is 89.7 Å². The molecule has 398 valence electrons. The van der Waals surface area contributed by atoms with E-state index in [1.54, 1.807) is 0 Å². The molecule has 0 bridgehead atoms. The maximum Gasteiger partial charge on any atom is 0.165 e. The third kappa shape index (κ3) is 13.2. The van der Waals surface area contributed by atoms with Crippen molar-refractivity contribution < 1.29 is 14.3 Å². The number of nitrogens with one attached hydrogen (secondary N) is 1. The zero-order valence-electron chi connectivity index (χ0n) is 47.3. The molecule has 0 saturated carbocycles. The SMILES string of the molecule is CCCCC(CC)COc1c(CC)c(S)c(CC(CC)CCCC)c2cc(C3=C(C(=O)CCC)/C(=C(\C)c4cc5c(OCC(CC)CCCC)c6sccc6c(CC(CC)CCCC)c5s4)C(C)(C)N3)sc12. The van der Waals surface area contributed by atoms with Crippen LogP contribution in [0.25, 0.3) is 41.5 Å². The summed E-state index contributed by atoms with van der Waals surface area (Å²) in [7, 11) is 0. The standard InChI is InChI=1S/C64H95NO3S4/c1-14-24-29-42(19-6)35-48-50-37-54(72-63(50)58(46(23-10)60(48)69)67-39-44(21-8)31-26-16-3)57-55(52(66)28-18-5)56(64(12,13)65-57)41(11)53-38-51-59(68-40-45(22-9)32-27-17-4)62-47(33-34-70-62)49(61(51)71-53)36-43(20-7)30-25-15-2/h33-34,37-38,42-45,65,69H,14-32,35-36,39-40H2,1-13H3/b56-41-. The first-order chi connectivity index (χ1) is 34.8. The lowest BCUT2D eigenvalue weighted by Crippen LogP contribution is -2.35. The van der Waals surface area contributed by atoms with Gasteiger partial charge >= 0.3 is 0 Å². The highest BCUT2D eigenvalue weighted by molar-refractivity contribution is 7.80. The fraction of sp³-hybridized carbons (Fsp3) is 0.641. The average molecular weight is 1050 g/mol. The highest BCUT2D eigenvalue weighted by Crippen LogP contribution is 2.52. The Hall–Kier alpha value is -2.78. The molecule has 3 aromatic heterocycles. The van der Waals surface area contributed by atoms with Gasteiger partial charge in [0.15, 0.2) is 5.78 Å². The normalized spacial score (nSPS) is 16.2. The van der Waals surface area contributed by atoms with Crippen LogP contribution in [-0.4, -0.2) is 24.5 Å². The topological polar surface area (TPSA) is 47.6 Å². The van der Waals surface area contributed by atoms with Crippen LogP contribution >= 0.6 is 46.6 Å². The van der Waals surface area contributed by atoms with Crippen molar-refractivity contribution in [1.82, 2.24) is 5.32 Å². The number of carbonyl (C=O) groups excluding carboxylic acids is 1. The zero-order chi connectivity index (χ0) is 52.1. The summed E-state index contributed by atoms with van der Waals surface area (Å²) in [4.78, 5) is 18.5. The second-order valence-electron chi connectivity index (χ2n) is 22.0. The van der Waals surface area contributed by atoms with Gasteiger partial charge in [-0.1, -0.05) is 159 Å². The Morgan fingerprint density at radius 1 is 0.639 bits per heavy atom. The van der Waals surface area contributed by atoms with Crippen molar-refractivity contribution in [2.75, 3.05) is 13.2 Å². The summed E-state index contributed by atoms with van der Waals surface area (Å²) in [5, 5.41) is 10.2. The predicted octanol–water partition coefficient (Wildman–Crippen LogP) is 20.8. The van der Waals surface area contributed by atoms with Crippen molar-refractivity contribution in [2.24, 2.45) is 23.7 Å². The van der Waals surface area contributed by atoms with E-state index in [1.807, 2.05) is 34.0 Å². The molecule has 0 fully saturated rings. The van der Waals surface area contributed by atoms with Gasteiger partial charge in [-0.15, -0.1) is 46.6 Å². The van der Waals surface area contributed by atoms with Crippen LogP contribution in [0.2, 0.25) is 0 Å². The van der Waals surface area contributed by atoms with Gasteiger partial charge in [0.05, 0.1) is 38.7 Å². The van der Waals surface area contributed by atoms with Crippen molar-refractivity contribution in [2.45, 2.75) is 235 Å². The van der Waals surface area contributed by atoms with E-state index in [2.05, 4.69) is 119 Å². The summed E-state index contributed by atoms with van der Waals surface area (Å²) in [6.45, 7) is 31.3. The average Bonchev–Trinajstić information content (AvgIpc) is 4.20. The van der Waals surface area contributed by atoms with Gasteiger partial charge in [0.2, 0.25) is 0 Å². The van der Waals surface area contributed by atoms with E-state index in [-0.39, 0.29) is 5.78 Å². The lowest BCUT2D eigenvalue weighted by molar-refractivity contribution is -0.115. The first kappa shape index (κ1) is 58.5. The predicted molar refractivity (Wildman–Crippen MR) is 324 cm³/mol. The van der Waals surface area contributed by atoms with E-state index in [4.69, 9.17) is 22.1 Å². The van der Waals surface area contributed by atoms with E-state index in [9.17, 15) is 0 Å². The van der Waals surface area contributed by atoms with Gasteiger partial charge in [-0.25, -0.2) is 0 Å². The van der Waals surface area contributed by atoms with Crippen LogP contribution in [0, 0.1) is 23.7 Å². The molecule has 0 saturated heterocycles. The van der Waals surface area contributed by atoms with E-state index < -0.39 is 5.54 Å². The van der Waals surface area contributed by atoms with Crippen molar-refractivity contribution in [3.8, 4) is 11.5 Å². The Bertz CT molecular complexity index is 2620. The van der Waals surface area contributed by atoms with E-state index in [0.29, 0.717) is 36.7 Å². The van der Waals surface area contributed by atoms with Gasteiger partial charge in [0.25, 0.3) is 0 Å². The second-order valence-corrected chi connectivity index (χ2v) is 25.5. The minimum Gasteiger partial charge on any atom is -0.491 e. The number of hydrogen-bond acceptors (Lipinski definition) is 8. The number of hydrogen-bond donors (Lipinski definition) is 2. The minimum absolute atomic E-state index is 0.219. The number of unbranched alkanes of at least 4 members (excludes halogenated alkanes) is 4. The number of Topliss-reactive ketones (excluding diaryl/α,β-unsaturated/α-hetero) is 1. The number of benzene rings is 2. The Kier molecular flexibility index (Phi) is 22.6. The summed E-state index contributed by atoms with van der Waals surface area (Å²) in [5.74, 6) is 4.54. The van der Waals surface area contributed by atoms with E-state index in [1.165, 1.54) is 141 Å². The maximum absolute atomic E-state index is 15.1. The molecule has 2 aromatic carbocycles. The molecule has 1 N–H and O–H groups in total. The Balaban J connectivity index is 1.60. The quantitative estimate of drug-likeness (QED) is 0.0422. The Morgan fingerprint density at radius 2 is 1.19 bits per heavy atom. The smallest absolute Gasteiger partial charge is 0.165 e. The summed E-state index contributed by atoms with van der Waals surface area (Å²) in [5.41, 5.74) is 7.71. The lowest BCUT2D eigenvalue weighted by Gasteiger charge is -2.25. The van der Waals surface area contributed by atoms with Crippen molar-refractivity contribution in [3.05, 3.63) is 61.2 Å². The first-order valence-corrected chi connectivity index (χ1v) is 32.0. The molecule has 0 amide bonds. The molecule has 4 atom stereocenters. The van der Waals surface area contributed by atoms with Gasteiger partial charge in [-0.2, -0.15) is 0 Å². The van der Waals surface area contributed by atoms with Crippen molar-refractivity contribution in [1.29, 1.82) is 0 Å². The van der Waals surface area contributed by atoms with Crippen LogP contribution in [0.4, 0.5) is 0 Å². The van der Waals surface area contributed by atoms with Crippen LogP contribution in [-0.2, 0) is 24.1 Å². The molecule has 0 aliphatic carbocycles. The summed E-state index contributed by atoms with van der Waals surface area (Å²) in [6, 6.07) is 7.22. The molecule has 4 nitrogen and oxygen atoms in total. The number of thiophene rings is 3. The zero-order valence-corrected chi connectivity index (χ0v) is 50.6. The highest BCUT2D eigenvalue weighted by atomic mass is 32.1. The fourth-order valence-electron chi connectivity index (χ4n) is 11.6. The molecule has 1 aliphatic rings. The Morgan fingerprint density at radius 3 is 1.74 bits per heavy atom. The number of allylic oxidation sites excluding steroid dienone is 1. The number of ketones is 1. The van der Waals surface area contributed by atoms with Crippen LogP contribution in [0.15, 0.2) is 39.6 Å². The molecular formula is C64H95NO3S4. The molecule has 5 aromatic rings. The lowest BCUT2D eigenvalue weighted by atomic mass is 9.84. The first-order valence-electron chi connectivity index (χ1n) is 29.1. The Labute approximate surface area is 455 Å². The van der Waals surface area contributed by atoms with Gasteiger partial charge in [-0.05, 0) is 129 Å². The third-order valence-electron chi connectivity index (χ3n) is 16.3. The number of rotatable bonds is 32. The summed E-state index contributed by atoms with van der Waals surface area (Å²) in [6.07, 6.45) is 23.4. The number of thiol groups is 1. The molecular weight excluding hydrogens is 959 g/mol. The molecule has 1 aliphatic heterocycles. The van der Waals surface area contributed by atoms with Crippen LogP contribution in [0.1, 0.15) is 232 Å². The third-order valence-corrected chi connectivity index (χ3v) is 20.2. The molecule has 4 unspecified atom stereocenters. The molecule has 4 heterocycles. The largest absolute Gasteiger partial charge is 0.491 e. The molecule has 6 rings (SSSR count). The number of fused-ring (bicyclic) bond motifs is 3. The maximum atomic E-state index is 15.1. The van der Waals surface area contributed by atoms with E-state index >= 15 is 4.79 Å². The minimum atomic E-state index is -0.499. The monoisotopic (exact) mass is 1050 g/mol.